The van der Waals surface area contributed by atoms with Crippen molar-refractivity contribution in [2.45, 2.75) is 45.6 Å². The number of benzene rings is 2. The van der Waals surface area contributed by atoms with E-state index in [0.717, 1.165) is 64.1 Å². The van der Waals surface area contributed by atoms with Gasteiger partial charge in [0.05, 0.1) is 16.9 Å². The van der Waals surface area contributed by atoms with Crippen LogP contribution in [0, 0.1) is 6.92 Å². The third-order valence-corrected chi connectivity index (χ3v) is 7.19. The Morgan fingerprint density at radius 2 is 1.97 bits per heavy atom. The normalized spacial score (nSPS) is 13.9. The Balaban J connectivity index is 1.38. The van der Waals surface area contributed by atoms with Gasteiger partial charge in [-0.1, -0.05) is 18.2 Å². The van der Waals surface area contributed by atoms with E-state index in [1.54, 1.807) is 11.8 Å². The molecule has 2 heterocycles. The van der Waals surface area contributed by atoms with Gasteiger partial charge in [-0.2, -0.15) is 5.10 Å². The molecule has 0 bridgehead atoms. The lowest BCUT2D eigenvalue weighted by atomic mass is 10.1. The molecule has 0 spiro atoms. The third-order valence-electron chi connectivity index (χ3n) is 6.33. The minimum Gasteiger partial charge on any atom is -0.446 e. The molecule has 7 nitrogen and oxygen atoms in total. The van der Waals surface area contributed by atoms with Gasteiger partial charge in [0.15, 0.2) is 0 Å². The van der Waals surface area contributed by atoms with E-state index >= 15 is 0 Å². The molecule has 0 aliphatic heterocycles. The number of anilines is 3. The van der Waals surface area contributed by atoms with E-state index in [0.29, 0.717) is 5.69 Å². The molecule has 184 valence electrons. The average Bonchev–Trinajstić information content (AvgIpc) is 3.61. The number of carbonyl (C=O) groups is 2. The molecule has 1 saturated carbocycles. The molecule has 1 fully saturated rings. The number of nitrogens with zero attached hydrogens (tertiary/aromatic N) is 2. The van der Waals surface area contributed by atoms with Crippen molar-refractivity contribution in [1.29, 1.82) is 0 Å². The highest BCUT2D eigenvalue weighted by molar-refractivity contribution is 7.14. The molecule has 5 rings (SSSR count). The summed E-state index contributed by atoms with van der Waals surface area (Å²) in [6.07, 6.45) is 7.59. The number of fused-ring (bicyclic) bond motifs is 1. The Morgan fingerprint density at radius 3 is 2.72 bits per heavy atom. The maximum atomic E-state index is 12.5. The van der Waals surface area contributed by atoms with Crippen LogP contribution in [0.1, 0.15) is 49.4 Å². The van der Waals surface area contributed by atoms with Crippen LogP contribution in [0.4, 0.5) is 21.2 Å². The number of thiophene rings is 1. The first-order chi connectivity index (χ1) is 17.5. The fourth-order valence-electron chi connectivity index (χ4n) is 4.59. The third kappa shape index (κ3) is 5.18. The quantitative estimate of drug-likeness (QED) is 0.291. The molecule has 36 heavy (non-hydrogen) atoms. The first-order valence-electron chi connectivity index (χ1n) is 12.1. The van der Waals surface area contributed by atoms with Crippen molar-refractivity contribution in [3.63, 3.8) is 0 Å². The van der Waals surface area contributed by atoms with Crippen molar-refractivity contribution in [2.24, 2.45) is 0 Å². The molecule has 2 aromatic heterocycles. The van der Waals surface area contributed by atoms with Gasteiger partial charge in [0.25, 0.3) is 0 Å². The number of aromatic amines is 1. The van der Waals surface area contributed by atoms with Gasteiger partial charge in [0.1, 0.15) is 11.1 Å². The number of hydrogen-bond donors (Lipinski definition) is 2. The van der Waals surface area contributed by atoms with E-state index in [-0.39, 0.29) is 12.0 Å². The Kier molecular flexibility index (Phi) is 6.86. The Morgan fingerprint density at radius 1 is 1.14 bits per heavy atom. The predicted molar refractivity (Wildman–Crippen MR) is 146 cm³/mol. The second kappa shape index (κ2) is 10.4. The van der Waals surface area contributed by atoms with Gasteiger partial charge in [-0.3, -0.25) is 20.1 Å². The van der Waals surface area contributed by atoms with Crippen molar-refractivity contribution in [2.75, 3.05) is 10.2 Å². The number of carbonyl (C=O) groups excluding carboxylic acids is 2. The summed E-state index contributed by atoms with van der Waals surface area (Å²) in [5.74, 6) is -0.0451. The SMILES string of the molecule is CC(=O)N(c1cccs1)c1cc2c(C=Cc3cccc(NC(=O)OC4CCCC4)c3)n[nH]c2cc1C. The highest BCUT2D eigenvalue weighted by atomic mass is 32.1. The number of amides is 2. The average molecular weight is 501 g/mol. The van der Waals surface area contributed by atoms with Crippen molar-refractivity contribution in [1.82, 2.24) is 10.2 Å². The van der Waals surface area contributed by atoms with Gasteiger partial charge in [0, 0.05) is 18.0 Å². The number of H-pyrrole nitrogens is 1. The van der Waals surface area contributed by atoms with Gasteiger partial charge in [-0.05, 0) is 91.6 Å². The van der Waals surface area contributed by atoms with Crippen LogP contribution in [0.3, 0.4) is 0 Å². The molecular weight excluding hydrogens is 472 g/mol. The van der Waals surface area contributed by atoms with E-state index in [1.807, 2.05) is 73.0 Å². The molecule has 0 atom stereocenters. The summed E-state index contributed by atoms with van der Waals surface area (Å²) < 4.78 is 5.50. The largest absolute Gasteiger partial charge is 0.446 e. The van der Waals surface area contributed by atoms with Gasteiger partial charge in [0.2, 0.25) is 5.91 Å². The van der Waals surface area contributed by atoms with E-state index in [9.17, 15) is 9.59 Å². The second-order valence-corrected chi connectivity index (χ2v) is 9.92. The van der Waals surface area contributed by atoms with E-state index in [2.05, 4.69) is 15.5 Å². The van der Waals surface area contributed by atoms with E-state index in [4.69, 9.17) is 4.74 Å². The maximum absolute atomic E-state index is 12.5. The van der Waals surface area contributed by atoms with Crippen LogP contribution in [0.5, 0.6) is 0 Å². The van der Waals surface area contributed by atoms with Crippen molar-refractivity contribution in [3.8, 4) is 0 Å². The zero-order chi connectivity index (χ0) is 25.1. The topological polar surface area (TPSA) is 87.3 Å². The number of aryl methyl sites for hydroxylation is 1. The fraction of sp³-hybridized carbons (Fsp3) is 0.250. The van der Waals surface area contributed by atoms with Gasteiger partial charge in [-0.15, -0.1) is 11.3 Å². The number of aromatic nitrogens is 2. The maximum Gasteiger partial charge on any atom is 0.411 e. The summed E-state index contributed by atoms with van der Waals surface area (Å²) in [6, 6.07) is 15.5. The molecule has 1 aliphatic rings. The molecule has 0 radical (unpaired) electrons. The number of rotatable bonds is 6. The highest BCUT2D eigenvalue weighted by Crippen LogP contribution is 2.35. The van der Waals surface area contributed by atoms with Crippen LogP contribution >= 0.6 is 11.3 Å². The van der Waals surface area contributed by atoms with Gasteiger partial charge in [-0.25, -0.2) is 4.79 Å². The molecule has 0 saturated heterocycles. The standard InChI is InChI=1S/C28H28N4O3S/c1-18-15-25-23(17-26(18)32(19(2)33)27-11-6-14-36-27)24(30-31-25)13-12-20-7-5-8-21(16-20)29-28(34)35-22-9-3-4-10-22/h5-8,11-17,22H,3-4,9-10H2,1-2H3,(H,29,34)(H,30,31). The second-order valence-electron chi connectivity index (χ2n) is 8.99. The fourth-order valence-corrected chi connectivity index (χ4v) is 5.38. The number of nitrogens with one attached hydrogen (secondary N) is 2. The summed E-state index contributed by atoms with van der Waals surface area (Å²) in [6.45, 7) is 3.56. The van der Waals surface area contributed by atoms with Crippen molar-refractivity contribution < 1.29 is 14.3 Å². The zero-order valence-corrected chi connectivity index (χ0v) is 21.1. The summed E-state index contributed by atoms with van der Waals surface area (Å²) in [5.41, 5.74) is 5.07. The van der Waals surface area contributed by atoms with Crippen molar-refractivity contribution >= 4 is 62.8 Å². The van der Waals surface area contributed by atoms with Crippen LogP contribution in [0.25, 0.3) is 23.1 Å². The minimum atomic E-state index is -0.412. The Labute approximate surface area is 213 Å². The summed E-state index contributed by atoms with van der Waals surface area (Å²) in [4.78, 5) is 26.5. The first kappa shape index (κ1) is 23.8. The molecule has 4 aromatic rings. The molecule has 8 heteroatoms. The lowest BCUT2D eigenvalue weighted by molar-refractivity contribution is -0.115. The Bertz CT molecular complexity index is 1420. The smallest absolute Gasteiger partial charge is 0.411 e. The van der Waals surface area contributed by atoms with Crippen molar-refractivity contribution in [3.05, 3.63) is 70.7 Å². The van der Waals surface area contributed by atoms with Crippen LogP contribution in [-0.2, 0) is 9.53 Å². The van der Waals surface area contributed by atoms with E-state index in [1.165, 1.54) is 11.3 Å². The number of hydrogen-bond acceptors (Lipinski definition) is 5. The van der Waals surface area contributed by atoms with Gasteiger partial charge < -0.3 is 4.74 Å². The summed E-state index contributed by atoms with van der Waals surface area (Å²) in [7, 11) is 0. The highest BCUT2D eigenvalue weighted by Gasteiger charge is 2.20. The van der Waals surface area contributed by atoms with Gasteiger partial charge >= 0.3 is 6.09 Å². The van der Waals surface area contributed by atoms with Crippen LogP contribution in [-0.4, -0.2) is 28.3 Å². The predicted octanol–water partition coefficient (Wildman–Crippen LogP) is 7.28. The van der Waals surface area contributed by atoms with Crippen LogP contribution in [0.2, 0.25) is 0 Å². The molecule has 2 amide bonds. The monoisotopic (exact) mass is 500 g/mol. The summed E-state index contributed by atoms with van der Waals surface area (Å²) in [5, 5.41) is 14.2. The van der Waals surface area contributed by atoms with Crippen LogP contribution in [0.15, 0.2) is 53.9 Å². The minimum absolute atomic E-state index is 0.0216. The molecule has 1 aliphatic carbocycles. The lowest BCUT2D eigenvalue weighted by Crippen LogP contribution is -2.22. The molecular formula is C28H28N4O3S. The molecule has 2 N–H and O–H groups in total. The van der Waals surface area contributed by atoms with E-state index < -0.39 is 6.09 Å². The first-order valence-corrected chi connectivity index (χ1v) is 12.9. The molecule has 0 unspecified atom stereocenters. The number of ether oxygens (including phenoxy) is 1. The summed E-state index contributed by atoms with van der Waals surface area (Å²) >= 11 is 1.52. The zero-order valence-electron chi connectivity index (χ0n) is 20.3. The lowest BCUT2D eigenvalue weighted by Gasteiger charge is -2.21. The van der Waals surface area contributed by atoms with Crippen LogP contribution < -0.4 is 10.2 Å². The Hall–Kier alpha value is -3.91. The molecule has 2 aromatic carbocycles.